The number of esters is 1. The van der Waals surface area contributed by atoms with E-state index in [1.165, 1.54) is 18.2 Å². The lowest BCUT2D eigenvalue weighted by molar-refractivity contribution is -0.143. The summed E-state index contributed by atoms with van der Waals surface area (Å²) in [4.78, 5) is 12.0. The van der Waals surface area contributed by atoms with Gasteiger partial charge in [0.2, 0.25) is 0 Å². The summed E-state index contributed by atoms with van der Waals surface area (Å²) in [6.07, 6.45) is 1.77. The van der Waals surface area contributed by atoms with Gasteiger partial charge in [0.25, 0.3) is 0 Å². The minimum Gasteiger partial charge on any atom is -0.468 e. The predicted molar refractivity (Wildman–Crippen MR) is 83.9 cm³/mol. The molecule has 0 radical (unpaired) electrons. The van der Waals surface area contributed by atoms with Crippen LogP contribution in [0.1, 0.15) is 43.9 Å². The standard InChI is InChI=1S/C17H26N2O2/c1-12(2)10-16(17(20)21-3)19-15-8-9-18-11-13-6-4-5-7-14(13)15/h4-7,12,15-16,18-19H,8-11H2,1-3H3. The number of methoxy groups -OCH3 is 1. The molecule has 2 unspecified atom stereocenters. The van der Waals surface area contributed by atoms with E-state index in [9.17, 15) is 4.79 Å². The molecule has 0 saturated carbocycles. The normalized spacial score (nSPS) is 19.7. The lowest BCUT2D eigenvalue weighted by Gasteiger charge is -2.25. The van der Waals surface area contributed by atoms with Crippen molar-refractivity contribution in [1.29, 1.82) is 0 Å². The van der Waals surface area contributed by atoms with Crippen LogP contribution < -0.4 is 10.6 Å². The first kappa shape index (κ1) is 16.0. The molecule has 1 aromatic carbocycles. The third-order valence-corrected chi connectivity index (χ3v) is 3.95. The van der Waals surface area contributed by atoms with Gasteiger partial charge in [0, 0.05) is 12.6 Å². The van der Waals surface area contributed by atoms with E-state index in [2.05, 4.69) is 48.7 Å². The second kappa shape index (κ2) is 7.57. The van der Waals surface area contributed by atoms with Crippen molar-refractivity contribution in [3.05, 3.63) is 35.4 Å². The highest BCUT2D eigenvalue weighted by molar-refractivity contribution is 5.75. The highest BCUT2D eigenvalue weighted by atomic mass is 16.5. The van der Waals surface area contributed by atoms with Gasteiger partial charge < -0.3 is 10.1 Å². The maximum atomic E-state index is 12.0. The van der Waals surface area contributed by atoms with Crippen molar-refractivity contribution >= 4 is 5.97 Å². The van der Waals surface area contributed by atoms with Crippen molar-refractivity contribution in [2.24, 2.45) is 5.92 Å². The van der Waals surface area contributed by atoms with E-state index in [1.54, 1.807) is 0 Å². The Morgan fingerprint density at radius 2 is 2.19 bits per heavy atom. The minimum absolute atomic E-state index is 0.168. The quantitative estimate of drug-likeness (QED) is 0.818. The summed E-state index contributed by atoms with van der Waals surface area (Å²) in [5.74, 6) is 0.277. The molecule has 0 spiro atoms. The lowest BCUT2D eigenvalue weighted by atomic mass is 9.96. The number of rotatable bonds is 5. The maximum absolute atomic E-state index is 12.0. The Bertz CT molecular complexity index is 474. The van der Waals surface area contributed by atoms with E-state index in [4.69, 9.17) is 4.74 Å². The molecule has 0 amide bonds. The summed E-state index contributed by atoms with van der Waals surface area (Å²) in [5, 5.41) is 6.95. The fraction of sp³-hybridized carbons (Fsp3) is 0.588. The predicted octanol–water partition coefficient (Wildman–Crippen LogP) is 2.40. The van der Waals surface area contributed by atoms with Gasteiger partial charge in [-0.2, -0.15) is 0 Å². The van der Waals surface area contributed by atoms with Crippen molar-refractivity contribution in [2.45, 2.75) is 45.3 Å². The van der Waals surface area contributed by atoms with Crippen molar-refractivity contribution in [2.75, 3.05) is 13.7 Å². The first-order chi connectivity index (χ1) is 10.1. The van der Waals surface area contributed by atoms with Crippen molar-refractivity contribution < 1.29 is 9.53 Å². The smallest absolute Gasteiger partial charge is 0.322 e. The lowest BCUT2D eigenvalue weighted by Crippen LogP contribution is -2.41. The second-order valence-electron chi connectivity index (χ2n) is 6.09. The number of ether oxygens (including phenoxy) is 1. The van der Waals surface area contributed by atoms with Crippen molar-refractivity contribution in [1.82, 2.24) is 10.6 Å². The number of carbonyl (C=O) groups excluding carboxylic acids is 1. The molecule has 4 nitrogen and oxygen atoms in total. The highest BCUT2D eigenvalue weighted by Crippen LogP contribution is 2.25. The van der Waals surface area contributed by atoms with Gasteiger partial charge in [-0.1, -0.05) is 38.1 Å². The molecular formula is C17H26N2O2. The van der Waals surface area contributed by atoms with Crippen LogP contribution in [0.15, 0.2) is 24.3 Å². The maximum Gasteiger partial charge on any atom is 0.322 e. The third kappa shape index (κ3) is 4.29. The van der Waals surface area contributed by atoms with Crippen molar-refractivity contribution in [3.8, 4) is 0 Å². The average molecular weight is 290 g/mol. The van der Waals surface area contributed by atoms with E-state index < -0.39 is 0 Å². The summed E-state index contributed by atoms with van der Waals surface area (Å²) in [6.45, 7) is 6.09. The number of nitrogens with one attached hydrogen (secondary N) is 2. The number of benzene rings is 1. The van der Waals surface area contributed by atoms with E-state index in [-0.39, 0.29) is 18.1 Å². The summed E-state index contributed by atoms with van der Waals surface area (Å²) in [5.41, 5.74) is 2.60. The van der Waals surface area contributed by atoms with Crippen LogP contribution in [-0.2, 0) is 16.1 Å². The molecule has 0 bridgehead atoms. The Labute approximate surface area is 127 Å². The van der Waals surface area contributed by atoms with Crippen LogP contribution in [0, 0.1) is 5.92 Å². The molecule has 2 rings (SSSR count). The number of hydrogen-bond donors (Lipinski definition) is 2. The van der Waals surface area contributed by atoms with E-state index in [0.717, 1.165) is 25.9 Å². The van der Waals surface area contributed by atoms with Crippen LogP contribution in [0.25, 0.3) is 0 Å². The summed E-state index contributed by atoms with van der Waals surface area (Å²) in [7, 11) is 1.46. The molecule has 2 atom stereocenters. The molecule has 0 saturated heterocycles. The van der Waals surface area contributed by atoms with Crippen LogP contribution in [-0.4, -0.2) is 25.7 Å². The van der Waals surface area contributed by atoms with Crippen LogP contribution in [0.4, 0.5) is 0 Å². The number of carbonyl (C=O) groups is 1. The average Bonchev–Trinajstić information content (AvgIpc) is 2.68. The zero-order valence-electron chi connectivity index (χ0n) is 13.2. The van der Waals surface area contributed by atoms with Crippen LogP contribution in [0.3, 0.4) is 0 Å². The second-order valence-corrected chi connectivity index (χ2v) is 6.09. The highest BCUT2D eigenvalue weighted by Gasteiger charge is 2.26. The monoisotopic (exact) mass is 290 g/mol. The van der Waals surface area contributed by atoms with Crippen LogP contribution in [0.5, 0.6) is 0 Å². The van der Waals surface area contributed by atoms with Crippen LogP contribution >= 0.6 is 0 Å². The first-order valence-corrected chi connectivity index (χ1v) is 7.74. The Morgan fingerprint density at radius 1 is 1.43 bits per heavy atom. The fourth-order valence-electron chi connectivity index (χ4n) is 2.92. The Morgan fingerprint density at radius 3 is 2.90 bits per heavy atom. The summed E-state index contributed by atoms with van der Waals surface area (Å²) in [6, 6.07) is 8.38. The molecule has 1 aliphatic heterocycles. The van der Waals surface area contributed by atoms with Gasteiger partial charge in [0.1, 0.15) is 6.04 Å². The molecule has 2 N–H and O–H groups in total. The van der Waals surface area contributed by atoms with Gasteiger partial charge in [-0.25, -0.2) is 0 Å². The number of hydrogen-bond acceptors (Lipinski definition) is 4. The first-order valence-electron chi connectivity index (χ1n) is 7.74. The molecule has 1 aromatic rings. The van der Waals surface area contributed by atoms with E-state index in [0.29, 0.717) is 5.92 Å². The van der Waals surface area contributed by atoms with Gasteiger partial charge in [0.15, 0.2) is 0 Å². The van der Waals surface area contributed by atoms with Gasteiger partial charge in [0.05, 0.1) is 7.11 Å². The molecule has 0 fully saturated rings. The van der Waals surface area contributed by atoms with Gasteiger partial charge in [-0.15, -0.1) is 0 Å². The zero-order chi connectivity index (χ0) is 15.2. The Hall–Kier alpha value is -1.39. The minimum atomic E-state index is -0.244. The molecule has 4 heteroatoms. The molecular weight excluding hydrogens is 264 g/mol. The molecule has 1 aliphatic rings. The fourth-order valence-corrected chi connectivity index (χ4v) is 2.92. The SMILES string of the molecule is COC(=O)C(CC(C)C)NC1CCNCc2ccccc21. The van der Waals surface area contributed by atoms with E-state index in [1.807, 2.05) is 0 Å². The molecule has 1 heterocycles. The summed E-state index contributed by atoms with van der Waals surface area (Å²) < 4.78 is 4.96. The van der Waals surface area contributed by atoms with Crippen molar-refractivity contribution in [3.63, 3.8) is 0 Å². The molecule has 21 heavy (non-hydrogen) atoms. The van der Waals surface area contributed by atoms with E-state index >= 15 is 0 Å². The molecule has 116 valence electrons. The van der Waals surface area contributed by atoms with Gasteiger partial charge >= 0.3 is 5.97 Å². The van der Waals surface area contributed by atoms with Gasteiger partial charge in [-0.05, 0) is 36.4 Å². The summed E-state index contributed by atoms with van der Waals surface area (Å²) >= 11 is 0. The number of fused-ring (bicyclic) bond motifs is 1. The topological polar surface area (TPSA) is 50.4 Å². The van der Waals surface area contributed by atoms with Crippen LogP contribution in [0.2, 0.25) is 0 Å². The Balaban J connectivity index is 2.17. The molecule has 0 aliphatic carbocycles. The molecule has 0 aromatic heterocycles. The zero-order valence-corrected chi connectivity index (χ0v) is 13.2. The van der Waals surface area contributed by atoms with Gasteiger partial charge in [-0.3, -0.25) is 10.1 Å². The third-order valence-electron chi connectivity index (χ3n) is 3.95. The Kier molecular flexibility index (Phi) is 5.76. The largest absolute Gasteiger partial charge is 0.468 e.